The highest BCUT2D eigenvalue weighted by atomic mass is 16.5. The molecule has 0 unspecified atom stereocenters. The highest BCUT2D eigenvalue weighted by molar-refractivity contribution is 5.93. The van der Waals surface area contributed by atoms with Crippen molar-refractivity contribution in [1.82, 2.24) is 14.3 Å². The fourth-order valence-corrected chi connectivity index (χ4v) is 2.33. The number of methoxy groups -OCH3 is 1. The maximum atomic E-state index is 12.2. The summed E-state index contributed by atoms with van der Waals surface area (Å²) in [5, 5.41) is 4.36. The van der Waals surface area contributed by atoms with Gasteiger partial charge in [-0.1, -0.05) is 0 Å². The van der Waals surface area contributed by atoms with Gasteiger partial charge in [-0.3, -0.25) is 0 Å². The standard InChI is InChI=1S/C17H17N3O3/c1-3-23-17(21)15-12-18-20(16(15)19-10-4-5-11-19)13-6-8-14(22-2)9-7-13/h4-12H,3H2,1-2H3. The van der Waals surface area contributed by atoms with Crippen molar-refractivity contribution in [2.24, 2.45) is 0 Å². The van der Waals surface area contributed by atoms with E-state index in [0.717, 1.165) is 11.4 Å². The lowest BCUT2D eigenvalue weighted by molar-refractivity contribution is 0.0526. The Balaban J connectivity index is 2.11. The van der Waals surface area contributed by atoms with Gasteiger partial charge in [0.05, 0.1) is 25.6 Å². The third kappa shape index (κ3) is 2.83. The molecule has 0 radical (unpaired) electrons. The zero-order valence-corrected chi connectivity index (χ0v) is 13.0. The Morgan fingerprint density at radius 2 is 1.87 bits per heavy atom. The second-order valence-electron chi connectivity index (χ2n) is 4.80. The Kier molecular flexibility index (Phi) is 4.14. The lowest BCUT2D eigenvalue weighted by atomic mass is 10.3. The average Bonchev–Trinajstić information content (AvgIpc) is 3.24. The fraction of sp³-hybridized carbons (Fsp3) is 0.176. The number of nitrogens with zero attached hydrogens (tertiary/aromatic N) is 3. The highest BCUT2D eigenvalue weighted by Crippen LogP contribution is 2.22. The van der Waals surface area contributed by atoms with Crippen molar-refractivity contribution in [1.29, 1.82) is 0 Å². The number of aromatic nitrogens is 3. The van der Waals surface area contributed by atoms with Gasteiger partial charge >= 0.3 is 5.97 Å². The van der Waals surface area contributed by atoms with Gasteiger partial charge < -0.3 is 14.0 Å². The van der Waals surface area contributed by atoms with Gasteiger partial charge in [0.25, 0.3) is 0 Å². The molecule has 3 rings (SSSR count). The van der Waals surface area contributed by atoms with Crippen molar-refractivity contribution in [3.05, 3.63) is 60.6 Å². The van der Waals surface area contributed by atoms with Gasteiger partial charge in [0.2, 0.25) is 0 Å². The molecule has 23 heavy (non-hydrogen) atoms. The topological polar surface area (TPSA) is 58.3 Å². The van der Waals surface area contributed by atoms with Crippen LogP contribution in [-0.4, -0.2) is 34.0 Å². The van der Waals surface area contributed by atoms with Crippen LogP contribution in [0.3, 0.4) is 0 Å². The molecule has 0 bridgehead atoms. The molecule has 118 valence electrons. The Morgan fingerprint density at radius 3 is 2.48 bits per heavy atom. The van der Waals surface area contributed by atoms with Crippen LogP contribution in [0.4, 0.5) is 0 Å². The summed E-state index contributed by atoms with van der Waals surface area (Å²) in [6.45, 7) is 2.10. The largest absolute Gasteiger partial charge is 0.497 e. The number of carbonyl (C=O) groups is 1. The number of benzene rings is 1. The van der Waals surface area contributed by atoms with Crippen molar-refractivity contribution in [2.75, 3.05) is 13.7 Å². The number of hydrogen-bond donors (Lipinski definition) is 0. The zero-order valence-electron chi connectivity index (χ0n) is 13.0. The van der Waals surface area contributed by atoms with Crippen molar-refractivity contribution < 1.29 is 14.3 Å². The minimum absolute atomic E-state index is 0.317. The van der Waals surface area contributed by atoms with E-state index in [4.69, 9.17) is 9.47 Å². The summed E-state index contributed by atoms with van der Waals surface area (Å²) in [6, 6.07) is 11.2. The molecule has 2 heterocycles. The van der Waals surface area contributed by atoms with Crippen LogP contribution >= 0.6 is 0 Å². The summed E-state index contributed by atoms with van der Waals surface area (Å²) < 4.78 is 13.8. The van der Waals surface area contributed by atoms with Crippen LogP contribution < -0.4 is 4.74 Å². The van der Waals surface area contributed by atoms with Crippen molar-refractivity contribution in [3.63, 3.8) is 0 Å². The van der Waals surface area contributed by atoms with E-state index in [1.807, 2.05) is 53.4 Å². The lowest BCUT2D eigenvalue weighted by Crippen LogP contribution is -2.11. The second-order valence-corrected chi connectivity index (χ2v) is 4.80. The molecule has 0 spiro atoms. The molecule has 0 aliphatic carbocycles. The predicted molar refractivity (Wildman–Crippen MR) is 85.4 cm³/mol. The first kappa shape index (κ1) is 14.9. The normalized spacial score (nSPS) is 10.5. The number of esters is 1. The average molecular weight is 311 g/mol. The van der Waals surface area contributed by atoms with E-state index in [9.17, 15) is 4.79 Å². The van der Waals surface area contributed by atoms with E-state index in [2.05, 4.69) is 5.10 Å². The van der Waals surface area contributed by atoms with E-state index in [1.54, 1.807) is 18.7 Å². The first-order valence-corrected chi connectivity index (χ1v) is 7.27. The molecule has 0 aliphatic heterocycles. The number of rotatable bonds is 5. The van der Waals surface area contributed by atoms with Gasteiger partial charge in [0, 0.05) is 12.4 Å². The van der Waals surface area contributed by atoms with Crippen molar-refractivity contribution in [2.45, 2.75) is 6.92 Å². The molecule has 0 fully saturated rings. The molecule has 0 saturated carbocycles. The van der Waals surface area contributed by atoms with Gasteiger partial charge in [-0.25, -0.2) is 9.48 Å². The minimum Gasteiger partial charge on any atom is -0.497 e. The zero-order chi connectivity index (χ0) is 16.2. The lowest BCUT2D eigenvalue weighted by Gasteiger charge is -2.11. The van der Waals surface area contributed by atoms with Gasteiger partial charge in [-0.05, 0) is 43.3 Å². The van der Waals surface area contributed by atoms with Crippen LogP contribution in [0.25, 0.3) is 11.5 Å². The third-order valence-electron chi connectivity index (χ3n) is 3.41. The van der Waals surface area contributed by atoms with Crippen LogP contribution in [-0.2, 0) is 4.74 Å². The van der Waals surface area contributed by atoms with Gasteiger partial charge in [0.15, 0.2) is 5.82 Å². The molecule has 0 amide bonds. The van der Waals surface area contributed by atoms with Crippen LogP contribution in [0.1, 0.15) is 17.3 Å². The van der Waals surface area contributed by atoms with Crippen molar-refractivity contribution in [3.8, 4) is 17.3 Å². The maximum absolute atomic E-state index is 12.2. The number of carbonyl (C=O) groups excluding carboxylic acids is 1. The van der Waals surface area contributed by atoms with E-state index >= 15 is 0 Å². The van der Waals surface area contributed by atoms with E-state index in [-0.39, 0.29) is 0 Å². The number of ether oxygens (including phenoxy) is 2. The van der Waals surface area contributed by atoms with Gasteiger partial charge in [0.1, 0.15) is 11.3 Å². The predicted octanol–water partition coefficient (Wildman–Crippen LogP) is 2.85. The maximum Gasteiger partial charge on any atom is 0.343 e. The molecule has 0 saturated heterocycles. The smallest absolute Gasteiger partial charge is 0.343 e. The summed E-state index contributed by atoms with van der Waals surface area (Å²) in [5.74, 6) is 1.00. The van der Waals surface area contributed by atoms with Gasteiger partial charge in [-0.15, -0.1) is 0 Å². The van der Waals surface area contributed by atoms with Crippen LogP contribution in [0.2, 0.25) is 0 Å². The fourth-order valence-electron chi connectivity index (χ4n) is 2.33. The van der Waals surface area contributed by atoms with E-state index in [0.29, 0.717) is 18.0 Å². The second kappa shape index (κ2) is 6.39. The van der Waals surface area contributed by atoms with Crippen LogP contribution in [0.5, 0.6) is 5.75 Å². The molecule has 6 nitrogen and oxygen atoms in total. The third-order valence-corrected chi connectivity index (χ3v) is 3.41. The molecule has 0 N–H and O–H groups in total. The SMILES string of the molecule is CCOC(=O)c1cnn(-c2ccc(OC)cc2)c1-n1cccc1. The van der Waals surface area contributed by atoms with Crippen LogP contribution in [0.15, 0.2) is 55.0 Å². The number of hydrogen-bond acceptors (Lipinski definition) is 4. The summed E-state index contributed by atoms with van der Waals surface area (Å²) >= 11 is 0. The van der Waals surface area contributed by atoms with Gasteiger partial charge in [-0.2, -0.15) is 5.10 Å². The molecular weight excluding hydrogens is 294 g/mol. The summed E-state index contributed by atoms with van der Waals surface area (Å²) in [5.41, 5.74) is 1.24. The van der Waals surface area contributed by atoms with E-state index in [1.165, 1.54) is 6.20 Å². The van der Waals surface area contributed by atoms with E-state index < -0.39 is 5.97 Å². The Bertz CT molecular complexity index is 789. The molecule has 0 aliphatic rings. The Hall–Kier alpha value is -3.02. The highest BCUT2D eigenvalue weighted by Gasteiger charge is 2.20. The molecule has 0 atom stereocenters. The Labute approximate surface area is 133 Å². The molecule has 3 aromatic rings. The summed E-state index contributed by atoms with van der Waals surface area (Å²) in [7, 11) is 1.62. The molecule has 2 aromatic heterocycles. The minimum atomic E-state index is -0.393. The summed E-state index contributed by atoms with van der Waals surface area (Å²) in [4.78, 5) is 12.2. The summed E-state index contributed by atoms with van der Waals surface area (Å²) in [6.07, 6.45) is 5.25. The molecular formula is C17H17N3O3. The van der Waals surface area contributed by atoms with Crippen LogP contribution in [0, 0.1) is 0 Å². The first-order valence-electron chi connectivity index (χ1n) is 7.27. The molecule has 1 aromatic carbocycles. The quantitative estimate of drug-likeness (QED) is 0.680. The first-order chi connectivity index (χ1) is 11.2. The molecule has 6 heteroatoms. The monoisotopic (exact) mass is 311 g/mol. The van der Waals surface area contributed by atoms with Crippen molar-refractivity contribution >= 4 is 5.97 Å². The Morgan fingerprint density at radius 1 is 1.17 bits per heavy atom.